The van der Waals surface area contributed by atoms with Crippen LogP contribution in [0.25, 0.3) is 0 Å². The molecule has 0 aliphatic carbocycles. The Kier molecular flexibility index (Phi) is 6.29. The Morgan fingerprint density at radius 1 is 0.905 bits per heavy atom. The normalized spacial score (nSPS) is 10.6. The van der Waals surface area contributed by atoms with Crippen molar-refractivity contribution in [3.63, 3.8) is 0 Å². The van der Waals surface area contributed by atoms with Crippen LogP contribution in [-0.4, -0.2) is 13.6 Å². The van der Waals surface area contributed by atoms with E-state index < -0.39 is 0 Å². The van der Waals surface area contributed by atoms with E-state index in [-0.39, 0.29) is 0 Å². The molecule has 0 aliphatic rings. The second kappa shape index (κ2) is 8.48. The quantitative estimate of drug-likeness (QED) is 0.791. The molecule has 1 N–H and O–H groups in total. The lowest BCUT2D eigenvalue weighted by Gasteiger charge is -2.11. The van der Waals surface area contributed by atoms with Gasteiger partial charge in [-0.3, -0.25) is 0 Å². The SMILES string of the molecule is CCCc1ccc(OCc2ccccc2CCNC)cc1. The fourth-order valence-electron chi connectivity index (χ4n) is 2.40. The van der Waals surface area contributed by atoms with Crippen LogP contribution in [-0.2, 0) is 19.4 Å². The Balaban J connectivity index is 1.96. The van der Waals surface area contributed by atoms with E-state index in [9.17, 15) is 0 Å². The Morgan fingerprint density at radius 2 is 1.62 bits per heavy atom. The molecule has 2 heteroatoms. The molecule has 0 saturated carbocycles. The first kappa shape index (κ1) is 15.6. The fraction of sp³-hybridized carbons (Fsp3) is 0.368. The van der Waals surface area contributed by atoms with Gasteiger partial charge < -0.3 is 10.1 Å². The molecule has 0 fully saturated rings. The van der Waals surface area contributed by atoms with Gasteiger partial charge in [-0.2, -0.15) is 0 Å². The van der Waals surface area contributed by atoms with Crippen LogP contribution in [0.1, 0.15) is 30.0 Å². The van der Waals surface area contributed by atoms with Gasteiger partial charge in [-0.1, -0.05) is 49.7 Å². The minimum Gasteiger partial charge on any atom is -0.489 e. The molecule has 112 valence electrons. The van der Waals surface area contributed by atoms with Gasteiger partial charge in [-0.05, 0) is 55.3 Å². The second-order valence-corrected chi connectivity index (χ2v) is 5.30. The van der Waals surface area contributed by atoms with Crippen molar-refractivity contribution in [2.45, 2.75) is 32.8 Å². The van der Waals surface area contributed by atoms with Crippen LogP contribution in [0.3, 0.4) is 0 Å². The largest absolute Gasteiger partial charge is 0.489 e. The first-order valence-electron chi connectivity index (χ1n) is 7.76. The Morgan fingerprint density at radius 3 is 2.29 bits per heavy atom. The zero-order valence-electron chi connectivity index (χ0n) is 13.1. The molecule has 0 radical (unpaired) electrons. The molecule has 0 unspecified atom stereocenters. The number of aryl methyl sites for hydroxylation is 1. The highest BCUT2D eigenvalue weighted by Gasteiger charge is 2.03. The molecule has 0 spiro atoms. The van der Waals surface area contributed by atoms with Crippen molar-refractivity contribution in [1.82, 2.24) is 5.32 Å². The minimum atomic E-state index is 0.632. The summed E-state index contributed by atoms with van der Waals surface area (Å²) in [6.07, 6.45) is 3.34. The Labute approximate surface area is 128 Å². The monoisotopic (exact) mass is 283 g/mol. The van der Waals surface area contributed by atoms with E-state index in [1.165, 1.54) is 23.1 Å². The molecule has 0 bridgehead atoms. The van der Waals surface area contributed by atoms with Gasteiger partial charge in [0, 0.05) is 0 Å². The Bertz CT molecular complexity index is 534. The van der Waals surface area contributed by atoms with E-state index >= 15 is 0 Å². The number of ether oxygens (including phenoxy) is 1. The summed E-state index contributed by atoms with van der Waals surface area (Å²) < 4.78 is 5.93. The highest BCUT2D eigenvalue weighted by molar-refractivity contribution is 5.30. The van der Waals surface area contributed by atoms with E-state index in [1.807, 2.05) is 7.05 Å². The van der Waals surface area contributed by atoms with Gasteiger partial charge in [0.15, 0.2) is 0 Å². The zero-order chi connectivity index (χ0) is 14.9. The maximum Gasteiger partial charge on any atom is 0.119 e. The van der Waals surface area contributed by atoms with Gasteiger partial charge in [-0.15, -0.1) is 0 Å². The van der Waals surface area contributed by atoms with Crippen molar-refractivity contribution in [2.24, 2.45) is 0 Å². The highest BCUT2D eigenvalue weighted by Crippen LogP contribution is 2.17. The lowest BCUT2D eigenvalue weighted by Crippen LogP contribution is -2.12. The number of nitrogens with one attached hydrogen (secondary N) is 1. The molecule has 0 heterocycles. The molecule has 0 amide bonds. The minimum absolute atomic E-state index is 0.632. The summed E-state index contributed by atoms with van der Waals surface area (Å²) in [5.41, 5.74) is 4.00. The molecule has 2 nitrogen and oxygen atoms in total. The molecule has 21 heavy (non-hydrogen) atoms. The summed E-state index contributed by atoms with van der Waals surface area (Å²) in [6, 6.07) is 17.0. The highest BCUT2D eigenvalue weighted by atomic mass is 16.5. The van der Waals surface area contributed by atoms with E-state index in [0.29, 0.717) is 6.61 Å². The van der Waals surface area contributed by atoms with E-state index in [0.717, 1.165) is 25.1 Å². The third kappa shape index (κ3) is 4.91. The molecule has 0 aromatic heterocycles. The topological polar surface area (TPSA) is 21.3 Å². The van der Waals surface area contributed by atoms with Gasteiger partial charge >= 0.3 is 0 Å². The predicted molar refractivity (Wildman–Crippen MR) is 88.8 cm³/mol. The van der Waals surface area contributed by atoms with Gasteiger partial charge in [0.1, 0.15) is 12.4 Å². The van der Waals surface area contributed by atoms with Crippen molar-refractivity contribution >= 4 is 0 Å². The van der Waals surface area contributed by atoms with Crippen molar-refractivity contribution in [1.29, 1.82) is 0 Å². The fourth-order valence-corrected chi connectivity index (χ4v) is 2.40. The summed E-state index contributed by atoms with van der Waals surface area (Å²) in [7, 11) is 1.98. The molecular formula is C19H25NO. The van der Waals surface area contributed by atoms with Crippen LogP contribution in [0.2, 0.25) is 0 Å². The van der Waals surface area contributed by atoms with Crippen molar-refractivity contribution in [3.05, 3.63) is 65.2 Å². The molecule has 2 aromatic carbocycles. The molecule has 0 atom stereocenters. The lowest BCUT2D eigenvalue weighted by atomic mass is 10.1. The van der Waals surface area contributed by atoms with Crippen LogP contribution >= 0.6 is 0 Å². The first-order valence-corrected chi connectivity index (χ1v) is 7.76. The number of hydrogen-bond donors (Lipinski definition) is 1. The van der Waals surface area contributed by atoms with Gasteiger partial charge in [-0.25, -0.2) is 0 Å². The first-order chi connectivity index (χ1) is 10.3. The molecule has 0 saturated heterocycles. The van der Waals surface area contributed by atoms with Gasteiger partial charge in [0.05, 0.1) is 0 Å². The van der Waals surface area contributed by atoms with E-state index in [4.69, 9.17) is 4.74 Å². The maximum absolute atomic E-state index is 5.93. The van der Waals surface area contributed by atoms with Crippen molar-refractivity contribution in [2.75, 3.05) is 13.6 Å². The van der Waals surface area contributed by atoms with Crippen LogP contribution in [0.5, 0.6) is 5.75 Å². The summed E-state index contributed by atoms with van der Waals surface area (Å²) in [5.74, 6) is 0.943. The third-order valence-electron chi connectivity index (χ3n) is 3.62. The number of rotatable bonds is 8. The summed E-state index contributed by atoms with van der Waals surface area (Å²) in [4.78, 5) is 0. The smallest absolute Gasteiger partial charge is 0.119 e. The summed E-state index contributed by atoms with van der Waals surface area (Å²) >= 11 is 0. The molecule has 2 aromatic rings. The predicted octanol–water partition coefficient (Wildman–Crippen LogP) is 3.98. The maximum atomic E-state index is 5.93. The van der Waals surface area contributed by atoms with Crippen LogP contribution in [0, 0.1) is 0 Å². The molecule has 2 rings (SSSR count). The van der Waals surface area contributed by atoms with Crippen LogP contribution < -0.4 is 10.1 Å². The summed E-state index contributed by atoms with van der Waals surface area (Å²) in [6.45, 7) is 3.82. The zero-order valence-corrected chi connectivity index (χ0v) is 13.1. The van der Waals surface area contributed by atoms with Crippen molar-refractivity contribution < 1.29 is 4.74 Å². The van der Waals surface area contributed by atoms with E-state index in [2.05, 4.69) is 60.8 Å². The van der Waals surface area contributed by atoms with Gasteiger partial charge in [0.2, 0.25) is 0 Å². The lowest BCUT2D eigenvalue weighted by molar-refractivity contribution is 0.305. The number of benzene rings is 2. The standard InChI is InChI=1S/C19H25NO/c1-3-6-16-9-11-19(12-10-16)21-15-18-8-5-4-7-17(18)13-14-20-2/h4-5,7-12,20H,3,6,13-15H2,1-2H3. The van der Waals surface area contributed by atoms with Crippen LogP contribution in [0.4, 0.5) is 0 Å². The van der Waals surface area contributed by atoms with E-state index in [1.54, 1.807) is 0 Å². The summed E-state index contributed by atoms with van der Waals surface area (Å²) in [5, 5.41) is 3.19. The average Bonchev–Trinajstić information content (AvgIpc) is 2.53. The number of likely N-dealkylation sites (N-methyl/N-ethyl adjacent to an activating group) is 1. The third-order valence-corrected chi connectivity index (χ3v) is 3.62. The molecule has 0 aliphatic heterocycles. The molecular weight excluding hydrogens is 258 g/mol. The van der Waals surface area contributed by atoms with Gasteiger partial charge in [0.25, 0.3) is 0 Å². The average molecular weight is 283 g/mol. The second-order valence-electron chi connectivity index (χ2n) is 5.30. The Hall–Kier alpha value is -1.80. The van der Waals surface area contributed by atoms with Crippen LogP contribution in [0.15, 0.2) is 48.5 Å². The number of hydrogen-bond acceptors (Lipinski definition) is 2. The van der Waals surface area contributed by atoms with Crippen molar-refractivity contribution in [3.8, 4) is 5.75 Å².